The van der Waals surface area contributed by atoms with Crippen molar-refractivity contribution in [2.45, 2.75) is 51.6 Å². The molecular formula is C21H23N5O2S. The smallest absolute Gasteiger partial charge is 0.318 e. The van der Waals surface area contributed by atoms with Crippen LogP contribution in [-0.2, 0) is 6.42 Å². The van der Waals surface area contributed by atoms with E-state index < -0.39 is 0 Å². The van der Waals surface area contributed by atoms with E-state index in [1.54, 1.807) is 6.92 Å². The Morgan fingerprint density at radius 2 is 2.07 bits per heavy atom. The number of carbonyl (C=O) groups excluding carboxylic acids is 1. The Hall–Kier alpha value is -2.74. The first-order valence-corrected chi connectivity index (χ1v) is 10.9. The Morgan fingerprint density at radius 1 is 1.24 bits per heavy atom. The van der Waals surface area contributed by atoms with E-state index in [9.17, 15) is 9.59 Å². The van der Waals surface area contributed by atoms with Crippen LogP contribution < -0.4 is 10.9 Å². The van der Waals surface area contributed by atoms with Gasteiger partial charge in [-0.1, -0.05) is 35.6 Å². The predicted molar refractivity (Wildman–Crippen MR) is 111 cm³/mol. The van der Waals surface area contributed by atoms with Crippen molar-refractivity contribution in [3.8, 4) is 0 Å². The normalized spacial score (nSPS) is 21.0. The van der Waals surface area contributed by atoms with Crippen LogP contribution in [0.15, 0.2) is 29.1 Å². The second-order valence-corrected chi connectivity index (χ2v) is 8.84. The maximum atomic E-state index is 13.1. The van der Waals surface area contributed by atoms with E-state index in [4.69, 9.17) is 0 Å². The van der Waals surface area contributed by atoms with Crippen LogP contribution in [0, 0.1) is 13.8 Å². The third kappa shape index (κ3) is 3.02. The summed E-state index contributed by atoms with van der Waals surface area (Å²) in [5.74, 6) is 0. The first-order chi connectivity index (χ1) is 14.0. The van der Waals surface area contributed by atoms with E-state index in [-0.39, 0.29) is 23.7 Å². The van der Waals surface area contributed by atoms with Gasteiger partial charge in [-0.25, -0.2) is 9.78 Å². The van der Waals surface area contributed by atoms with Crippen molar-refractivity contribution in [2.75, 3.05) is 6.54 Å². The lowest BCUT2D eigenvalue weighted by atomic mass is 10.1. The van der Waals surface area contributed by atoms with Crippen molar-refractivity contribution in [1.82, 2.24) is 24.8 Å². The van der Waals surface area contributed by atoms with Crippen LogP contribution >= 0.6 is 11.3 Å². The highest BCUT2D eigenvalue weighted by Gasteiger charge is 2.35. The van der Waals surface area contributed by atoms with Crippen molar-refractivity contribution in [3.05, 3.63) is 62.0 Å². The van der Waals surface area contributed by atoms with Gasteiger partial charge >= 0.3 is 6.03 Å². The number of carbonyl (C=O) groups is 1. The van der Waals surface area contributed by atoms with E-state index in [1.807, 2.05) is 24.0 Å². The Bertz CT molecular complexity index is 1170. The molecule has 1 N–H and O–H groups in total. The highest BCUT2D eigenvalue weighted by Crippen LogP contribution is 2.36. The molecule has 0 bridgehead atoms. The molecule has 0 saturated carbocycles. The summed E-state index contributed by atoms with van der Waals surface area (Å²) in [6.07, 6.45) is 3.70. The minimum atomic E-state index is -0.133. The lowest BCUT2D eigenvalue weighted by Crippen LogP contribution is -2.40. The average molecular weight is 410 g/mol. The summed E-state index contributed by atoms with van der Waals surface area (Å²) < 4.78 is 1.38. The largest absolute Gasteiger partial charge is 0.331 e. The molecule has 0 spiro atoms. The van der Waals surface area contributed by atoms with Crippen molar-refractivity contribution in [2.24, 2.45) is 0 Å². The number of likely N-dealkylation sites (tertiary alicyclic amines) is 1. The van der Waals surface area contributed by atoms with Gasteiger partial charge in [0.15, 0.2) is 0 Å². The molecule has 0 unspecified atom stereocenters. The van der Waals surface area contributed by atoms with Crippen LogP contribution in [0.5, 0.6) is 0 Å². The van der Waals surface area contributed by atoms with Crippen molar-refractivity contribution in [1.29, 1.82) is 0 Å². The maximum absolute atomic E-state index is 13.1. The van der Waals surface area contributed by atoms with Gasteiger partial charge < -0.3 is 10.2 Å². The third-order valence-electron chi connectivity index (χ3n) is 6.12. The van der Waals surface area contributed by atoms with E-state index in [0.29, 0.717) is 17.1 Å². The molecule has 7 nitrogen and oxygen atoms in total. The van der Waals surface area contributed by atoms with Gasteiger partial charge in [-0.05, 0) is 50.7 Å². The second-order valence-electron chi connectivity index (χ2n) is 7.85. The van der Waals surface area contributed by atoms with Gasteiger partial charge in [0.25, 0.3) is 5.56 Å². The quantitative estimate of drug-likeness (QED) is 0.704. The fourth-order valence-corrected chi connectivity index (χ4v) is 5.47. The Labute approximate surface area is 172 Å². The second kappa shape index (κ2) is 6.95. The number of amides is 2. The fraction of sp³-hybridized carbons (Fsp3) is 0.429. The number of aromatic nitrogens is 3. The van der Waals surface area contributed by atoms with Crippen LogP contribution in [-0.4, -0.2) is 32.1 Å². The zero-order valence-electron chi connectivity index (χ0n) is 16.5. The average Bonchev–Trinajstić information content (AvgIpc) is 3.44. The maximum Gasteiger partial charge on any atom is 0.318 e. The summed E-state index contributed by atoms with van der Waals surface area (Å²) in [7, 11) is 0. The van der Waals surface area contributed by atoms with Crippen LogP contribution in [0.2, 0.25) is 0 Å². The SMILES string of the molecule is Cc1nc2sc([C@H]3CCCN3C(=O)N[C@@H]3CCc4ccccc43)nn2c(=O)c1C. The summed E-state index contributed by atoms with van der Waals surface area (Å²) in [5, 5.41) is 8.53. The molecule has 3 heterocycles. The fourth-order valence-electron chi connectivity index (χ4n) is 4.38. The summed E-state index contributed by atoms with van der Waals surface area (Å²) in [4.78, 5) is 32.6. The molecule has 1 saturated heterocycles. The molecule has 3 aromatic rings. The molecule has 29 heavy (non-hydrogen) atoms. The first kappa shape index (κ1) is 18.3. The van der Waals surface area contributed by atoms with E-state index in [0.717, 1.165) is 36.4 Å². The van der Waals surface area contributed by atoms with E-state index in [1.165, 1.54) is 27.0 Å². The van der Waals surface area contributed by atoms with Gasteiger partial charge in [-0.2, -0.15) is 9.61 Å². The Kier molecular flexibility index (Phi) is 4.38. The molecule has 2 aliphatic rings. The molecule has 2 atom stereocenters. The van der Waals surface area contributed by atoms with Gasteiger partial charge in [-0.3, -0.25) is 4.79 Å². The number of benzene rings is 1. The Balaban J connectivity index is 1.40. The number of fused-ring (bicyclic) bond motifs is 2. The highest BCUT2D eigenvalue weighted by molar-refractivity contribution is 7.16. The topological polar surface area (TPSA) is 79.6 Å². The molecule has 2 amide bonds. The lowest BCUT2D eigenvalue weighted by Gasteiger charge is -2.25. The number of hydrogen-bond acceptors (Lipinski definition) is 5. The molecular weight excluding hydrogens is 386 g/mol. The predicted octanol–water partition coefficient (Wildman–Crippen LogP) is 3.30. The first-order valence-electron chi connectivity index (χ1n) is 10.0. The molecule has 0 radical (unpaired) electrons. The van der Waals surface area contributed by atoms with Crippen LogP contribution in [0.25, 0.3) is 4.96 Å². The highest BCUT2D eigenvalue weighted by atomic mass is 32.1. The molecule has 1 fully saturated rings. The van der Waals surface area contributed by atoms with E-state index in [2.05, 4.69) is 27.5 Å². The standard InChI is InChI=1S/C21H23N5O2S/c1-12-13(2)22-21-26(19(12)27)24-18(29-21)17-8-5-11-25(17)20(28)23-16-10-9-14-6-3-4-7-15(14)16/h3-4,6-7,16-17H,5,8-11H2,1-2H3,(H,23,28)/t16-,17-/m1/s1. The zero-order valence-corrected chi connectivity index (χ0v) is 17.3. The number of nitrogens with zero attached hydrogens (tertiary/aromatic N) is 4. The minimum absolute atomic E-state index is 0.0545. The monoisotopic (exact) mass is 409 g/mol. The Morgan fingerprint density at radius 3 is 2.93 bits per heavy atom. The molecule has 8 heteroatoms. The van der Waals surface area contributed by atoms with Crippen molar-refractivity contribution < 1.29 is 4.79 Å². The van der Waals surface area contributed by atoms with E-state index >= 15 is 0 Å². The minimum Gasteiger partial charge on any atom is -0.331 e. The van der Waals surface area contributed by atoms with Gasteiger partial charge in [0.1, 0.15) is 5.01 Å². The molecule has 1 aliphatic carbocycles. The summed E-state index contributed by atoms with van der Waals surface area (Å²) in [6.45, 7) is 4.30. The third-order valence-corrected chi connectivity index (χ3v) is 7.13. The van der Waals surface area contributed by atoms with Crippen molar-refractivity contribution >= 4 is 22.3 Å². The molecule has 2 aromatic heterocycles. The van der Waals surface area contributed by atoms with Gasteiger partial charge in [0.05, 0.1) is 12.1 Å². The van der Waals surface area contributed by atoms with Gasteiger partial charge in [0, 0.05) is 17.8 Å². The van der Waals surface area contributed by atoms with Crippen molar-refractivity contribution in [3.63, 3.8) is 0 Å². The summed E-state index contributed by atoms with van der Waals surface area (Å²) in [5.41, 5.74) is 3.74. The molecule has 1 aliphatic heterocycles. The number of nitrogens with one attached hydrogen (secondary N) is 1. The van der Waals surface area contributed by atoms with Crippen LogP contribution in [0.1, 0.15) is 58.7 Å². The number of aryl methyl sites for hydroxylation is 2. The summed E-state index contributed by atoms with van der Waals surface area (Å²) >= 11 is 1.40. The lowest BCUT2D eigenvalue weighted by molar-refractivity contribution is 0.188. The van der Waals surface area contributed by atoms with Gasteiger partial charge in [-0.15, -0.1) is 0 Å². The number of hydrogen-bond donors (Lipinski definition) is 1. The van der Waals surface area contributed by atoms with Crippen LogP contribution in [0.3, 0.4) is 0 Å². The number of urea groups is 1. The summed E-state index contributed by atoms with van der Waals surface area (Å²) in [6, 6.07) is 8.20. The van der Waals surface area contributed by atoms with Gasteiger partial charge in [0.2, 0.25) is 4.96 Å². The molecule has 1 aromatic carbocycles. The zero-order chi connectivity index (χ0) is 20.1. The van der Waals surface area contributed by atoms with Crippen LogP contribution in [0.4, 0.5) is 4.79 Å². The molecule has 150 valence electrons. The number of rotatable bonds is 2. The molecule has 5 rings (SSSR count).